The highest BCUT2D eigenvalue weighted by molar-refractivity contribution is 5.02. The topological polar surface area (TPSA) is 69.2 Å². The van der Waals surface area contributed by atoms with Crippen LogP contribution in [-0.2, 0) is 6.42 Å². The van der Waals surface area contributed by atoms with Crippen molar-refractivity contribution in [3.8, 4) is 6.07 Å². The van der Waals surface area contributed by atoms with E-state index >= 15 is 0 Å². The fraction of sp³-hybridized carbons (Fsp3) is 0.750. The summed E-state index contributed by atoms with van der Waals surface area (Å²) in [6.07, 6.45) is 0.542. The highest BCUT2D eigenvalue weighted by Crippen LogP contribution is 2.26. The fourth-order valence-electron chi connectivity index (χ4n) is 2.66. The first kappa shape index (κ1) is 11.6. The van der Waals surface area contributed by atoms with Gasteiger partial charge in [0.25, 0.3) is 0 Å². The molecule has 2 unspecified atom stereocenters. The largest absolute Gasteiger partial charge is 0.339 e. The molecule has 1 aromatic heterocycles. The van der Waals surface area contributed by atoms with E-state index in [0.29, 0.717) is 12.3 Å². The Morgan fingerprint density at radius 2 is 2.22 bits per heavy atom. The number of aromatic nitrogens is 2. The van der Waals surface area contributed by atoms with Crippen molar-refractivity contribution in [2.24, 2.45) is 5.92 Å². The lowest BCUT2D eigenvalue weighted by Crippen LogP contribution is -2.57. The highest BCUT2D eigenvalue weighted by Gasteiger charge is 2.35. The van der Waals surface area contributed by atoms with Crippen molar-refractivity contribution in [3.63, 3.8) is 0 Å². The Hall–Kier alpha value is -1.45. The van der Waals surface area contributed by atoms with E-state index in [1.165, 1.54) is 0 Å². The normalized spacial score (nSPS) is 32.1. The number of nitriles is 1. The number of nitrogens with zero attached hydrogens (tertiary/aromatic N) is 5. The molecule has 0 radical (unpaired) electrons. The second-order valence-electron chi connectivity index (χ2n) is 5.13. The van der Waals surface area contributed by atoms with Crippen molar-refractivity contribution in [3.05, 3.63) is 11.7 Å². The zero-order chi connectivity index (χ0) is 12.5. The molecule has 0 saturated carbocycles. The molecule has 0 aromatic carbocycles. The predicted molar refractivity (Wildman–Crippen MR) is 63.5 cm³/mol. The second kappa shape index (κ2) is 4.67. The minimum atomic E-state index is -0.0786. The van der Waals surface area contributed by atoms with E-state index in [1.807, 2.05) is 6.92 Å². The zero-order valence-electron chi connectivity index (χ0n) is 10.5. The summed E-state index contributed by atoms with van der Waals surface area (Å²) in [6, 6.07) is 2.45. The lowest BCUT2D eigenvalue weighted by atomic mass is 10.1. The van der Waals surface area contributed by atoms with Crippen LogP contribution in [0.15, 0.2) is 4.52 Å². The smallest absolute Gasteiger partial charge is 0.228 e. The lowest BCUT2D eigenvalue weighted by Gasteiger charge is -2.46. The molecule has 2 bridgehead atoms. The molecule has 3 aliphatic heterocycles. The minimum absolute atomic E-state index is 0.0786. The number of rotatable bonds is 3. The summed E-state index contributed by atoms with van der Waals surface area (Å²) >= 11 is 0. The molecule has 18 heavy (non-hydrogen) atoms. The maximum absolute atomic E-state index is 8.78. The molecule has 0 aliphatic carbocycles. The SMILES string of the molecule is CC(C#N)Cc1nc(C2CN3CCN2CC3)no1. The monoisotopic (exact) mass is 247 g/mol. The standard InChI is InChI=1S/C12H17N5O/c1-9(7-13)6-11-14-12(15-18-11)10-8-16-2-4-17(10)5-3-16/h9-10H,2-6,8H2,1H3. The first-order valence-electron chi connectivity index (χ1n) is 6.45. The Bertz CT molecular complexity index is 457. The van der Waals surface area contributed by atoms with E-state index in [1.54, 1.807) is 0 Å². The minimum Gasteiger partial charge on any atom is -0.339 e. The van der Waals surface area contributed by atoms with E-state index in [9.17, 15) is 0 Å². The Kier molecular flexibility index (Phi) is 3.02. The highest BCUT2D eigenvalue weighted by atomic mass is 16.5. The quantitative estimate of drug-likeness (QED) is 0.772. The summed E-state index contributed by atoms with van der Waals surface area (Å²) in [5.41, 5.74) is 0. The van der Waals surface area contributed by atoms with Crippen molar-refractivity contribution in [1.29, 1.82) is 5.26 Å². The molecule has 6 heteroatoms. The molecule has 0 amide bonds. The molecule has 3 saturated heterocycles. The molecule has 3 fully saturated rings. The van der Waals surface area contributed by atoms with Gasteiger partial charge in [0.1, 0.15) is 0 Å². The average Bonchev–Trinajstić information content (AvgIpc) is 2.88. The third kappa shape index (κ3) is 2.11. The summed E-state index contributed by atoms with van der Waals surface area (Å²) in [5, 5.41) is 12.9. The molecule has 3 aliphatic rings. The first-order valence-corrected chi connectivity index (χ1v) is 6.45. The van der Waals surface area contributed by atoms with Gasteiger partial charge in [-0.05, 0) is 6.92 Å². The summed E-state index contributed by atoms with van der Waals surface area (Å²) in [4.78, 5) is 9.31. The maximum Gasteiger partial charge on any atom is 0.228 e. The van der Waals surface area contributed by atoms with Gasteiger partial charge in [-0.1, -0.05) is 5.16 Å². The van der Waals surface area contributed by atoms with Gasteiger partial charge in [-0.2, -0.15) is 10.2 Å². The fourth-order valence-corrected chi connectivity index (χ4v) is 2.66. The average molecular weight is 247 g/mol. The molecule has 4 heterocycles. The summed E-state index contributed by atoms with van der Waals surface area (Å²) < 4.78 is 5.24. The molecular weight excluding hydrogens is 230 g/mol. The van der Waals surface area contributed by atoms with Crippen LogP contribution >= 0.6 is 0 Å². The Labute approximate surface area is 106 Å². The number of hydrogen-bond donors (Lipinski definition) is 0. The van der Waals surface area contributed by atoms with Gasteiger partial charge in [0.2, 0.25) is 5.89 Å². The van der Waals surface area contributed by atoms with Crippen molar-refractivity contribution in [2.45, 2.75) is 19.4 Å². The maximum atomic E-state index is 8.78. The Morgan fingerprint density at radius 3 is 2.83 bits per heavy atom. The predicted octanol–water partition coefficient (Wildman–Crippen LogP) is 0.444. The van der Waals surface area contributed by atoms with Crippen LogP contribution in [0.3, 0.4) is 0 Å². The molecule has 4 rings (SSSR count). The van der Waals surface area contributed by atoms with Crippen molar-refractivity contribution in [2.75, 3.05) is 32.7 Å². The van der Waals surface area contributed by atoms with Crippen LogP contribution in [0.4, 0.5) is 0 Å². The van der Waals surface area contributed by atoms with Crippen LogP contribution < -0.4 is 0 Å². The van der Waals surface area contributed by atoms with Gasteiger partial charge in [-0.3, -0.25) is 9.80 Å². The molecular formula is C12H17N5O. The van der Waals surface area contributed by atoms with Gasteiger partial charge in [0.15, 0.2) is 5.82 Å². The Morgan fingerprint density at radius 1 is 1.44 bits per heavy atom. The van der Waals surface area contributed by atoms with Crippen molar-refractivity contribution < 1.29 is 4.52 Å². The van der Waals surface area contributed by atoms with Gasteiger partial charge >= 0.3 is 0 Å². The van der Waals surface area contributed by atoms with Gasteiger partial charge in [0.05, 0.1) is 18.0 Å². The van der Waals surface area contributed by atoms with Gasteiger partial charge in [-0.25, -0.2) is 0 Å². The third-order valence-corrected chi connectivity index (χ3v) is 3.76. The first-order chi connectivity index (χ1) is 8.76. The molecule has 2 atom stereocenters. The number of fused-ring (bicyclic) bond motifs is 3. The molecule has 1 aromatic rings. The summed E-state index contributed by atoms with van der Waals surface area (Å²) in [6.45, 7) is 7.32. The van der Waals surface area contributed by atoms with E-state index in [2.05, 4.69) is 26.0 Å². The summed E-state index contributed by atoms with van der Waals surface area (Å²) in [5.74, 6) is 1.28. The number of hydrogen-bond acceptors (Lipinski definition) is 6. The van der Waals surface area contributed by atoms with Crippen LogP contribution in [-0.4, -0.2) is 52.7 Å². The zero-order valence-corrected chi connectivity index (χ0v) is 10.5. The molecule has 0 N–H and O–H groups in total. The van der Waals surface area contributed by atoms with Crippen LogP contribution in [0.2, 0.25) is 0 Å². The molecule has 6 nitrogen and oxygen atoms in total. The van der Waals surface area contributed by atoms with E-state index in [4.69, 9.17) is 9.78 Å². The lowest BCUT2D eigenvalue weighted by molar-refractivity contribution is 0.00781. The third-order valence-electron chi connectivity index (χ3n) is 3.76. The van der Waals surface area contributed by atoms with Crippen molar-refractivity contribution >= 4 is 0 Å². The number of piperazine rings is 3. The van der Waals surface area contributed by atoms with E-state index in [0.717, 1.165) is 38.5 Å². The molecule has 96 valence electrons. The van der Waals surface area contributed by atoms with Crippen LogP contribution in [0.25, 0.3) is 0 Å². The van der Waals surface area contributed by atoms with Crippen LogP contribution in [0.1, 0.15) is 24.7 Å². The second-order valence-corrected chi connectivity index (χ2v) is 5.13. The van der Waals surface area contributed by atoms with E-state index in [-0.39, 0.29) is 12.0 Å². The summed E-state index contributed by atoms with van der Waals surface area (Å²) in [7, 11) is 0. The Balaban J connectivity index is 1.72. The van der Waals surface area contributed by atoms with E-state index < -0.39 is 0 Å². The van der Waals surface area contributed by atoms with Gasteiger partial charge < -0.3 is 4.52 Å². The molecule has 0 spiro atoms. The van der Waals surface area contributed by atoms with Crippen LogP contribution in [0.5, 0.6) is 0 Å². The van der Waals surface area contributed by atoms with Gasteiger partial charge in [-0.15, -0.1) is 0 Å². The van der Waals surface area contributed by atoms with Gasteiger partial charge in [0, 0.05) is 39.1 Å². The van der Waals surface area contributed by atoms with Crippen molar-refractivity contribution in [1.82, 2.24) is 19.9 Å². The van der Waals surface area contributed by atoms with Crippen LogP contribution in [0, 0.1) is 17.2 Å².